The summed E-state index contributed by atoms with van der Waals surface area (Å²) in [5.41, 5.74) is -0.266. The third-order valence-corrected chi connectivity index (χ3v) is 2.48. The predicted octanol–water partition coefficient (Wildman–Crippen LogP) is 4.83. The fourth-order valence-electron chi connectivity index (χ4n) is 1.43. The van der Waals surface area contributed by atoms with Gasteiger partial charge in [0.15, 0.2) is 0 Å². The molecule has 0 atom stereocenters. The zero-order chi connectivity index (χ0) is 16.9. The zero-order valence-corrected chi connectivity index (χ0v) is 15.7. The van der Waals surface area contributed by atoms with Crippen molar-refractivity contribution in [2.75, 3.05) is 0 Å². The topological polar surface area (TPSA) is 34.1 Å². The number of hydrogen-bond donors (Lipinski definition) is 0. The Morgan fingerprint density at radius 3 is 1.20 bits per heavy atom. The second kappa shape index (κ2) is 12.6. The summed E-state index contributed by atoms with van der Waals surface area (Å²) < 4.78 is 49.6. The minimum Gasteiger partial charge on any atom is -0.358 e. The fourth-order valence-corrected chi connectivity index (χ4v) is 1.43. The molecule has 0 heterocycles. The molecule has 2 rings (SSSR count). The van der Waals surface area contributed by atoms with E-state index in [1.165, 1.54) is 13.8 Å². The van der Waals surface area contributed by atoms with Crippen molar-refractivity contribution in [3.8, 4) is 0 Å². The summed E-state index contributed by atoms with van der Waals surface area (Å²) in [6, 6.07) is 7.73. The summed E-state index contributed by atoms with van der Waals surface area (Å²) in [7, 11) is 0. The van der Waals surface area contributed by atoms with E-state index < -0.39 is 34.8 Å². The molecule has 0 saturated heterocycles. The maximum absolute atomic E-state index is 12.6. The molecule has 0 radical (unpaired) electrons. The molecular formula is C18H16F4O2Ti. The summed E-state index contributed by atoms with van der Waals surface area (Å²) in [6.07, 6.45) is 0. The van der Waals surface area contributed by atoms with E-state index in [4.69, 9.17) is 0 Å². The van der Waals surface area contributed by atoms with Crippen LogP contribution in [0.15, 0.2) is 24.3 Å². The molecule has 132 valence electrons. The van der Waals surface area contributed by atoms with Gasteiger partial charge in [0.05, 0.1) is 0 Å². The van der Waals surface area contributed by atoms with Gasteiger partial charge in [0, 0.05) is 23.3 Å². The van der Waals surface area contributed by atoms with Crippen LogP contribution in [0.3, 0.4) is 0 Å². The first-order valence-corrected chi connectivity index (χ1v) is 5.99. The summed E-state index contributed by atoms with van der Waals surface area (Å²) in [6.45, 7) is 2.42. The van der Waals surface area contributed by atoms with E-state index in [9.17, 15) is 27.2 Å². The van der Waals surface area contributed by atoms with Crippen molar-refractivity contribution in [2.24, 2.45) is 0 Å². The molecule has 0 aromatic heterocycles. The first-order chi connectivity index (χ1) is 10.2. The van der Waals surface area contributed by atoms with E-state index >= 15 is 0 Å². The van der Waals surface area contributed by atoms with E-state index in [1.807, 2.05) is 0 Å². The summed E-state index contributed by atoms with van der Waals surface area (Å²) in [5, 5.41) is 0. The maximum atomic E-state index is 12.6. The van der Waals surface area contributed by atoms with Crippen LogP contribution < -0.4 is 0 Å². The van der Waals surface area contributed by atoms with Crippen LogP contribution in [0.25, 0.3) is 0 Å². The minimum atomic E-state index is -0.933. The number of Topliss-reactive ketones (excluding diaryl/α,β-unsaturated/α-hetero) is 2. The van der Waals surface area contributed by atoms with Gasteiger partial charge in [0.1, 0.15) is 11.6 Å². The smallest absolute Gasteiger partial charge is 0.358 e. The molecule has 0 fully saturated rings. The van der Waals surface area contributed by atoms with Crippen molar-refractivity contribution in [2.45, 2.75) is 13.8 Å². The number of halogens is 4. The molecule has 0 aliphatic rings. The Morgan fingerprint density at radius 1 is 0.720 bits per heavy atom. The minimum absolute atomic E-state index is 0. The van der Waals surface area contributed by atoms with Gasteiger partial charge in [-0.25, -0.2) is 17.6 Å². The molecular weight excluding hydrogens is 372 g/mol. The van der Waals surface area contributed by atoms with E-state index in [0.717, 1.165) is 24.3 Å². The number of rotatable bonds is 2. The Labute approximate surface area is 160 Å². The maximum Gasteiger partial charge on any atom is 4.00 e. The Bertz CT molecular complexity index is 657. The third kappa shape index (κ3) is 8.75. The molecule has 0 unspecified atom stereocenters. The van der Waals surface area contributed by atoms with Gasteiger partial charge in [-0.15, -0.1) is 24.3 Å². The number of carbonyl (C=O) groups excluding carboxylic acids is 2. The first-order valence-electron chi connectivity index (χ1n) is 5.99. The Morgan fingerprint density at radius 2 is 1.00 bits per heavy atom. The van der Waals surface area contributed by atoms with Gasteiger partial charge < -0.3 is 24.4 Å². The Hall–Kier alpha value is -1.79. The molecule has 0 spiro atoms. The Balaban J connectivity index is -0.000000346. The largest absolute Gasteiger partial charge is 4.00 e. The van der Waals surface area contributed by atoms with Crippen LogP contribution in [0.2, 0.25) is 0 Å². The zero-order valence-electron chi connectivity index (χ0n) is 14.1. The molecule has 2 aromatic rings. The van der Waals surface area contributed by atoms with Gasteiger partial charge in [-0.05, 0) is 13.8 Å². The quantitative estimate of drug-likeness (QED) is 0.320. The molecule has 25 heavy (non-hydrogen) atoms. The van der Waals surface area contributed by atoms with Crippen molar-refractivity contribution >= 4 is 11.6 Å². The normalized spacial score (nSPS) is 8.56. The summed E-state index contributed by atoms with van der Waals surface area (Å²) >= 11 is 0. The van der Waals surface area contributed by atoms with E-state index in [0.29, 0.717) is 0 Å². The average molecular weight is 388 g/mol. The molecule has 0 amide bonds. The number of benzene rings is 2. The van der Waals surface area contributed by atoms with Crippen LogP contribution in [0.4, 0.5) is 17.6 Å². The molecule has 7 heteroatoms. The number of ketones is 2. The summed E-state index contributed by atoms with van der Waals surface area (Å²) in [4.78, 5) is 21.2. The fraction of sp³-hybridized carbons (Fsp3) is 0.111. The van der Waals surface area contributed by atoms with Crippen LogP contribution in [-0.2, 0) is 21.7 Å². The van der Waals surface area contributed by atoms with Gasteiger partial charge in [0.2, 0.25) is 0 Å². The second-order valence-corrected chi connectivity index (χ2v) is 4.18. The van der Waals surface area contributed by atoms with Crippen LogP contribution in [0, 0.1) is 50.3 Å². The average Bonchev–Trinajstić information content (AvgIpc) is 2.38. The second-order valence-electron chi connectivity index (χ2n) is 4.18. The molecule has 2 nitrogen and oxygen atoms in total. The Kier molecular flexibility index (Phi) is 14.1. The van der Waals surface area contributed by atoms with Gasteiger partial charge in [-0.1, -0.05) is 11.1 Å². The molecule has 0 aliphatic heterocycles. The number of carbonyl (C=O) groups is 2. The van der Waals surface area contributed by atoms with Gasteiger partial charge >= 0.3 is 21.7 Å². The SMILES string of the molecule is CC(=O)c1ccc(F)[c-]c1F.CC(=O)c1ccc(F)[c-]c1F.[CH3-].[CH3-].[Ti+4]. The van der Waals surface area contributed by atoms with Crippen molar-refractivity contribution in [1.82, 2.24) is 0 Å². The predicted molar refractivity (Wildman–Crippen MR) is 83.2 cm³/mol. The third-order valence-electron chi connectivity index (χ3n) is 2.48. The van der Waals surface area contributed by atoms with Crippen molar-refractivity contribution in [3.63, 3.8) is 0 Å². The molecule has 0 N–H and O–H groups in total. The van der Waals surface area contributed by atoms with Crippen molar-refractivity contribution < 1.29 is 48.9 Å². The van der Waals surface area contributed by atoms with Crippen LogP contribution in [-0.4, -0.2) is 11.6 Å². The van der Waals surface area contributed by atoms with Crippen molar-refractivity contribution in [3.05, 3.63) is 85.6 Å². The standard InChI is InChI=1S/2C8H5F2O.2CH3.Ti/c2*1-5(11)7-3-2-6(9)4-8(7)10;;;/h2*2-3H,1H3;2*1H3;/q4*-1;+4. The summed E-state index contributed by atoms with van der Waals surface area (Å²) in [5.74, 6) is -4.33. The van der Waals surface area contributed by atoms with E-state index in [2.05, 4.69) is 0 Å². The van der Waals surface area contributed by atoms with Gasteiger partial charge in [-0.3, -0.25) is 0 Å². The molecule has 0 bridgehead atoms. The molecule has 0 aliphatic carbocycles. The van der Waals surface area contributed by atoms with Crippen LogP contribution >= 0.6 is 0 Å². The van der Waals surface area contributed by atoms with Gasteiger partial charge in [-0.2, -0.15) is 12.1 Å². The van der Waals surface area contributed by atoms with E-state index in [-0.39, 0.29) is 47.7 Å². The monoisotopic (exact) mass is 388 g/mol. The number of hydrogen-bond acceptors (Lipinski definition) is 2. The van der Waals surface area contributed by atoms with E-state index in [1.54, 1.807) is 12.1 Å². The first kappa shape index (κ1) is 28.0. The molecule has 0 saturated carbocycles. The molecule has 2 aromatic carbocycles. The van der Waals surface area contributed by atoms with Gasteiger partial charge in [0.25, 0.3) is 0 Å². The van der Waals surface area contributed by atoms with Crippen molar-refractivity contribution in [1.29, 1.82) is 0 Å². The van der Waals surface area contributed by atoms with Crippen LogP contribution in [0.5, 0.6) is 0 Å². The van der Waals surface area contributed by atoms with Crippen LogP contribution in [0.1, 0.15) is 34.6 Å².